The van der Waals surface area contributed by atoms with Crippen molar-refractivity contribution in [1.82, 2.24) is 20.1 Å². The maximum Gasteiger partial charge on any atom is 0.222 e. The first-order chi connectivity index (χ1) is 12.6. The third-order valence-electron chi connectivity index (χ3n) is 4.51. The molecule has 2 aromatic heterocycles. The van der Waals surface area contributed by atoms with Crippen molar-refractivity contribution in [3.63, 3.8) is 0 Å². The molecule has 1 N–H and O–H groups in total. The lowest BCUT2D eigenvalue weighted by Gasteiger charge is -2.10. The van der Waals surface area contributed by atoms with Gasteiger partial charge in [-0.2, -0.15) is 5.10 Å². The Morgan fingerprint density at radius 3 is 2.92 bits per heavy atom. The quantitative estimate of drug-likeness (QED) is 0.596. The Bertz CT molecular complexity index is 1050. The number of para-hydroxylation sites is 2. The van der Waals surface area contributed by atoms with Gasteiger partial charge < -0.3 is 9.73 Å². The minimum Gasteiger partial charge on any atom is -0.438 e. The molecule has 6 nitrogen and oxygen atoms in total. The lowest BCUT2D eigenvalue weighted by Crippen LogP contribution is -2.27. The molecule has 1 amide bonds. The van der Waals surface area contributed by atoms with Crippen LogP contribution >= 0.6 is 0 Å². The first-order valence-electron chi connectivity index (χ1n) is 8.68. The third kappa shape index (κ3) is 3.06. The number of aryl methyl sites for hydroxylation is 2. The number of nitrogens with one attached hydrogen (secondary N) is 1. The van der Waals surface area contributed by atoms with Crippen LogP contribution in [0.1, 0.15) is 30.8 Å². The summed E-state index contributed by atoms with van der Waals surface area (Å²) in [6.45, 7) is 4.46. The van der Waals surface area contributed by atoms with Crippen LogP contribution in [0.2, 0.25) is 0 Å². The number of hydrogen-bond donors (Lipinski definition) is 1. The van der Waals surface area contributed by atoms with E-state index < -0.39 is 0 Å². The zero-order valence-corrected chi connectivity index (χ0v) is 14.8. The van der Waals surface area contributed by atoms with Crippen molar-refractivity contribution in [2.24, 2.45) is 0 Å². The number of amides is 1. The minimum atomic E-state index is -0.286. The van der Waals surface area contributed by atoms with Crippen molar-refractivity contribution >= 4 is 27.9 Å². The van der Waals surface area contributed by atoms with Crippen LogP contribution in [0.5, 0.6) is 0 Å². The fourth-order valence-electron chi connectivity index (χ4n) is 3.08. The SMILES string of the molecule is Cc1cccc2c1cnn2CCC(=O)NC(C)c1nc2ccccc2o1. The van der Waals surface area contributed by atoms with E-state index in [2.05, 4.69) is 28.4 Å². The summed E-state index contributed by atoms with van der Waals surface area (Å²) < 4.78 is 7.58. The molecule has 2 heterocycles. The van der Waals surface area contributed by atoms with Crippen LogP contribution in [0.15, 0.2) is 53.1 Å². The van der Waals surface area contributed by atoms with E-state index in [-0.39, 0.29) is 11.9 Å². The molecule has 0 bridgehead atoms. The van der Waals surface area contributed by atoms with Crippen LogP contribution in [-0.2, 0) is 11.3 Å². The largest absolute Gasteiger partial charge is 0.438 e. The van der Waals surface area contributed by atoms with Gasteiger partial charge in [-0.1, -0.05) is 24.3 Å². The van der Waals surface area contributed by atoms with Gasteiger partial charge in [0.05, 0.1) is 18.3 Å². The molecule has 2 aromatic carbocycles. The molecule has 0 saturated carbocycles. The molecule has 26 heavy (non-hydrogen) atoms. The first kappa shape index (κ1) is 16.3. The highest BCUT2D eigenvalue weighted by atomic mass is 16.3. The fourth-order valence-corrected chi connectivity index (χ4v) is 3.08. The molecule has 1 atom stereocenters. The molecular formula is C20H20N4O2. The highest BCUT2D eigenvalue weighted by molar-refractivity contribution is 5.82. The van der Waals surface area contributed by atoms with Crippen LogP contribution in [0, 0.1) is 6.92 Å². The Morgan fingerprint density at radius 1 is 1.23 bits per heavy atom. The molecule has 4 rings (SSSR count). The number of aromatic nitrogens is 3. The van der Waals surface area contributed by atoms with Crippen molar-refractivity contribution in [2.45, 2.75) is 32.9 Å². The lowest BCUT2D eigenvalue weighted by molar-refractivity contribution is -0.122. The summed E-state index contributed by atoms with van der Waals surface area (Å²) in [6, 6.07) is 13.4. The van der Waals surface area contributed by atoms with Gasteiger partial charge >= 0.3 is 0 Å². The second kappa shape index (κ2) is 6.63. The summed E-state index contributed by atoms with van der Waals surface area (Å²) >= 11 is 0. The normalized spacial score (nSPS) is 12.5. The maximum atomic E-state index is 12.3. The van der Waals surface area contributed by atoms with Crippen molar-refractivity contribution in [3.8, 4) is 0 Å². The number of carbonyl (C=O) groups excluding carboxylic acids is 1. The molecule has 0 aliphatic heterocycles. The van der Waals surface area contributed by atoms with Crippen LogP contribution < -0.4 is 5.32 Å². The van der Waals surface area contributed by atoms with E-state index >= 15 is 0 Å². The van der Waals surface area contributed by atoms with Crippen LogP contribution in [-0.4, -0.2) is 20.7 Å². The molecule has 0 aliphatic rings. The number of benzene rings is 2. The number of carbonyl (C=O) groups is 1. The summed E-state index contributed by atoms with van der Waals surface area (Å²) in [4.78, 5) is 16.7. The van der Waals surface area contributed by atoms with E-state index in [4.69, 9.17) is 4.42 Å². The summed E-state index contributed by atoms with van der Waals surface area (Å²) in [5, 5.41) is 8.46. The van der Waals surface area contributed by atoms with E-state index in [9.17, 15) is 4.79 Å². The highest BCUT2D eigenvalue weighted by Crippen LogP contribution is 2.20. The molecule has 0 saturated heterocycles. The summed E-state index contributed by atoms with van der Waals surface area (Å²) in [5.41, 5.74) is 3.75. The van der Waals surface area contributed by atoms with Gasteiger partial charge in [0.2, 0.25) is 11.8 Å². The Balaban J connectivity index is 1.41. The Labute approximate surface area is 150 Å². The summed E-state index contributed by atoms with van der Waals surface area (Å²) in [6.07, 6.45) is 2.19. The first-order valence-corrected chi connectivity index (χ1v) is 8.68. The van der Waals surface area contributed by atoms with Gasteiger partial charge in [0.15, 0.2) is 5.58 Å². The second-order valence-electron chi connectivity index (χ2n) is 6.43. The molecular weight excluding hydrogens is 328 g/mol. The predicted molar refractivity (Wildman–Crippen MR) is 99.7 cm³/mol. The van der Waals surface area contributed by atoms with E-state index in [1.165, 1.54) is 5.56 Å². The summed E-state index contributed by atoms with van der Waals surface area (Å²) in [7, 11) is 0. The van der Waals surface area contributed by atoms with E-state index in [1.54, 1.807) is 0 Å². The second-order valence-corrected chi connectivity index (χ2v) is 6.43. The maximum absolute atomic E-state index is 12.3. The van der Waals surface area contributed by atoms with Crippen molar-refractivity contribution in [2.75, 3.05) is 0 Å². The summed E-state index contributed by atoms with van der Waals surface area (Å²) in [5.74, 6) is 0.454. The molecule has 6 heteroatoms. The van der Waals surface area contributed by atoms with Gasteiger partial charge in [0, 0.05) is 11.8 Å². The number of nitrogens with zero attached hydrogens (tertiary/aromatic N) is 3. The van der Waals surface area contributed by atoms with Crippen molar-refractivity contribution in [3.05, 3.63) is 60.1 Å². The average Bonchev–Trinajstić information content (AvgIpc) is 3.25. The molecule has 0 fully saturated rings. The highest BCUT2D eigenvalue weighted by Gasteiger charge is 2.16. The van der Waals surface area contributed by atoms with Gasteiger partial charge in [-0.25, -0.2) is 4.98 Å². The van der Waals surface area contributed by atoms with Gasteiger partial charge in [-0.3, -0.25) is 9.48 Å². The number of fused-ring (bicyclic) bond motifs is 2. The molecule has 0 radical (unpaired) electrons. The van der Waals surface area contributed by atoms with Crippen LogP contribution in [0.3, 0.4) is 0 Å². The molecule has 0 spiro atoms. The van der Waals surface area contributed by atoms with Gasteiger partial charge in [-0.05, 0) is 37.6 Å². The van der Waals surface area contributed by atoms with E-state index in [1.807, 2.05) is 54.2 Å². The zero-order chi connectivity index (χ0) is 18.1. The molecule has 1 unspecified atom stereocenters. The fraction of sp³-hybridized carbons (Fsp3) is 0.250. The van der Waals surface area contributed by atoms with Gasteiger partial charge in [0.25, 0.3) is 0 Å². The number of rotatable bonds is 5. The minimum absolute atomic E-state index is 0.0592. The Kier molecular flexibility index (Phi) is 4.16. The van der Waals surface area contributed by atoms with Crippen LogP contribution in [0.4, 0.5) is 0 Å². The van der Waals surface area contributed by atoms with Crippen LogP contribution in [0.25, 0.3) is 22.0 Å². The molecule has 0 aliphatic carbocycles. The van der Waals surface area contributed by atoms with Gasteiger partial charge in [0.1, 0.15) is 11.6 Å². The predicted octanol–water partition coefficient (Wildman–Crippen LogP) is 3.75. The number of oxazole rings is 1. The van der Waals surface area contributed by atoms with Gasteiger partial charge in [-0.15, -0.1) is 0 Å². The van der Waals surface area contributed by atoms with Crippen molar-refractivity contribution in [1.29, 1.82) is 0 Å². The van der Waals surface area contributed by atoms with Crippen molar-refractivity contribution < 1.29 is 9.21 Å². The van der Waals surface area contributed by atoms with E-state index in [0.29, 0.717) is 18.9 Å². The zero-order valence-electron chi connectivity index (χ0n) is 14.8. The third-order valence-corrected chi connectivity index (χ3v) is 4.51. The topological polar surface area (TPSA) is 73.0 Å². The number of hydrogen-bond acceptors (Lipinski definition) is 4. The lowest BCUT2D eigenvalue weighted by atomic mass is 10.1. The standard InChI is InChI=1S/C20H20N4O2/c1-13-6-5-8-17-15(13)12-21-24(17)11-10-19(25)22-14(2)20-23-16-7-3-4-9-18(16)26-20/h3-9,12,14H,10-11H2,1-2H3,(H,22,25). The average molecular weight is 348 g/mol. The Morgan fingerprint density at radius 2 is 2.08 bits per heavy atom. The molecule has 132 valence electrons. The Hall–Kier alpha value is -3.15. The smallest absolute Gasteiger partial charge is 0.222 e. The monoisotopic (exact) mass is 348 g/mol. The van der Waals surface area contributed by atoms with E-state index in [0.717, 1.165) is 22.0 Å². The molecule has 4 aromatic rings.